The van der Waals surface area contributed by atoms with Crippen molar-refractivity contribution in [3.63, 3.8) is 0 Å². The highest BCUT2D eigenvalue weighted by Gasteiger charge is 2.31. The van der Waals surface area contributed by atoms with Crippen LogP contribution in [0.2, 0.25) is 0 Å². The van der Waals surface area contributed by atoms with Gasteiger partial charge in [0.25, 0.3) is 0 Å². The van der Waals surface area contributed by atoms with E-state index in [2.05, 4.69) is 11.6 Å². The molecular formula is C13H16N2O2. The number of carbonyl (C=O) groups excluding carboxylic acids is 1. The number of fused-ring (bicyclic) bond motifs is 1. The molecule has 1 amide bonds. The van der Waals surface area contributed by atoms with Crippen LogP contribution >= 0.6 is 0 Å². The highest BCUT2D eigenvalue weighted by molar-refractivity contribution is 5.97. The zero-order valence-corrected chi connectivity index (χ0v) is 9.84. The van der Waals surface area contributed by atoms with Gasteiger partial charge in [-0.05, 0) is 25.0 Å². The fraction of sp³-hybridized carbons (Fsp3) is 0.385. The summed E-state index contributed by atoms with van der Waals surface area (Å²) in [6.07, 6.45) is 3.26. The molecule has 1 N–H and O–H groups in total. The van der Waals surface area contributed by atoms with Crippen LogP contribution in [0.3, 0.4) is 0 Å². The number of anilines is 1. The first-order chi connectivity index (χ1) is 8.15. The van der Waals surface area contributed by atoms with Gasteiger partial charge in [0.1, 0.15) is 5.82 Å². The second-order valence-electron chi connectivity index (χ2n) is 4.23. The summed E-state index contributed by atoms with van der Waals surface area (Å²) in [6, 6.07) is 3.84. The van der Waals surface area contributed by atoms with Gasteiger partial charge in [0.05, 0.1) is 12.0 Å². The highest BCUT2D eigenvalue weighted by atomic mass is 16.3. The molecule has 2 heterocycles. The number of aromatic nitrogens is 1. The number of amides is 1. The molecule has 0 aliphatic carbocycles. The molecule has 0 saturated carbocycles. The maximum absolute atomic E-state index is 12.2. The minimum absolute atomic E-state index is 0.132. The van der Waals surface area contributed by atoms with Crippen LogP contribution in [0.15, 0.2) is 31.0 Å². The largest absolute Gasteiger partial charge is 0.392 e. The van der Waals surface area contributed by atoms with Crippen molar-refractivity contribution >= 4 is 11.7 Å². The normalized spacial score (nSPS) is 17.4. The first-order valence-electron chi connectivity index (χ1n) is 5.71. The van der Waals surface area contributed by atoms with Gasteiger partial charge in [-0.3, -0.25) is 9.69 Å². The van der Waals surface area contributed by atoms with E-state index >= 15 is 0 Å². The van der Waals surface area contributed by atoms with Crippen LogP contribution in [-0.4, -0.2) is 28.6 Å². The summed E-state index contributed by atoms with van der Waals surface area (Å²) in [4.78, 5) is 18.1. The van der Waals surface area contributed by atoms with E-state index < -0.39 is 12.0 Å². The van der Waals surface area contributed by atoms with Crippen molar-refractivity contribution in [2.24, 2.45) is 5.92 Å². The van der Waals surface area contributed by atoms with Crippen LogP contribution in [0.1, 0.15) is 12.5 Å². The minimum atomic E-state index is -0.729. The number of rotatable bonds is 3. The van der Waals surface area contributed by atoms with E-state index in [1.165, 1.54) is 6.08 Å². The summed E-state index contributed by atoms with van der Waals surface area (Å²) in [5, 5.41) is 9.55. The molecule has 17 heavy (non-hydrogen) atoms. The van der Waals surface area contributed by atoms with Crippen molar-refractivity contribution in [2.45, 2.75) is 19.4 Å². The Morgan fingerprint density at radius 2 is 2.47 bits per heavy atom. The van der Waals surface area contributed by atoms with Gasteiger partial charge in [-0.25, -0.2) is 4.98 Å². The number of nitrogens with zero attached hydrogens (tertiary/aromatic N) is 2. The molecule has 0 fully saturated rings. The molecule has 4 heteroatoms. The molecule has 2 atom stereocenters. The third kappa shape index (κ3) is 2.08. The standard InChI is InChI=1S/C13H16N2O2/c1-3-11(9(2)16)13(17)15-8-6-10-5-4-7-14-12(10)15/h3-5,7,9,11,16H,1,6,8H2,2H3/t9-,11+/m0/s1. The minimum Gasteiger partial charge on any atom is -0.392 e. The first-order valence-corrected chi connectivity index (χ1v) is 5.71. The Kier molecular flexibility index (Phi) is 3.24. The summed E-state index contributed by atoms with van der Waals surface area (Å²) < 4.78 is 0. The molecule has 1 aromatic rings. The van der Waals surface area contributed by atoms with E-state index in [1.54, 1.807) is 18.0 Å². The summed E-state index contributed by atoms with van der Waals surface area (Å²) in [5.41, 5.74) is 1.08. The number of aliphatic hydroxyl groups excluding tert-OH is 1. The molecule has 0 spiro atoms. The van der Waals surface area contributed by atoms with E-state index in [0.29, 0.717) is 12.4 Å². The third-order valence-corrected chi connectivity index (χ3v) is 3.05. The van der Waals surface area contributed by atoms with E-state index in [1.807, 2.05) is 12.1 Å². The molecule has 0 aromatic carbocycles. The molecule has 4 nitrogen and oxygen atoms in total. The summed E-state index contributed by atoms with van der Waals surface area (Å²) >= 11 is 0. The predicted molar refractivity (Wildman–Crippen MR) is 65.7 cm³/mol. The molecule has 0 unspecified atom stereocenters. The molecule has 90 valence electrons. The molecule has 0 bridgehead atoms. The maximum Gasteiger partial charge on any atom is 0.237 e. The second-order valence-corrected chi connectivity index (χ2v) is 4.23. The lowest BCUT2D eigenvalue weighted by Crippen LogP contribution is -2.38. The van der Waals surface area contributed by atoms with Gasteiger partial charge in [0.15, 0.2) is 0 Å². The molecule has 2 rings (SSSR count). The number of hydrogen-bond acceptors (Lipinski definition) is 3. The van der Waals surface area contributed by atoms with Crippen molar-refractivity contribution in [2.75, 3.05) is 11.4 Å². The van der Waals surface area contributed by atoms with Crippen LogP contribution < -0.4 is 4.90 Å². The van der Waals surface area contributed by atoms with Gasteiger partial charge >= 0.3 is 0 Å². The lowest BCUT2D eigenvalue weighted by molar-refractivity contribution is -0.123. The van der Waals surface area contributed by atoms with Gasteiger partial charge in [0.2, 0.25) is 5.91 Å². The van der Waals surface area contributed by atoms with E-state index in [9.17, 15) is 9.90 Å². The molecule has 1 aliphatic heterocycles. The lowest BCUT2D eigenvalue weighted by atomic mass is 10.0. The monoisotopic (exact) mass is 232 g/mol. The summed E-state index contributed by atoms with van der Waals surface area (Å²) in [6.45, 7) is 5.83. The maximum atomic E-state index is 12.2. The zero-order valence-electron chi connectivity index (χ0n) is 9.84. The summed E-state index contributed by atoms with van der Waals surface area (Å²) in [7, 11) is 0. The van der Waals surface area contributed by atoms with Crippen molar-refractivity contribution < 1.29 is 9.90 Å². The van der Waals surface area contributed by atoms with E-state index in [-0.39, 0.29) is 5.91 Å². The second kappa shape index (κ2) is 4.67. The van der Waals surface area contributed by atoms with Gasteiger partial charge in [-0.1, -0.05) is 12.1 Å². The Morgan fingerprint density at radius 1 is 1.71 bits per heavy atom. The van der Waals surface area contributed by atoms with Crippen LogP contribution in [0.25, 0.3) is 0 Å². The number of pyridine rings is 1. The highest BCUT2D eigenvalue weighted by Crippen LogP contribution is 2.27. The van der Waals surface area contributed by atoms with Crippen molar-refractivity contribution in [3.8, 4) is 0 Å². The van der Waals surface area contributed by atoms with Crippen LogP contribution in [0.5, 0.6) is 0 Å². The molecule has 1 aromatic heterocycles. The SMILES string of the molecule is C=C[C@@H](C(=O)N1CCc2cccnc21)[C@H](C)O. The van der Waals surface area contributed by atoms with Crippen LogP contribution in [0.4, 0.5) is 5.82 Å². The average Bonchev–Trinajstić information content (AvgIpc) is 2.72. The average molecular weight is 232 g/mol. The quantitative estimate of drug-likeness (QED) is 0.795. The van der Waals surface area contributed by atoms with E-state index in [4.69, 9.17) is 0 Å². The zero-order chi connectivity index (χ0) is 12.4. The molecule has 1 aliphatic rings. The smallest absolute Gasteiger partial charge is 0.237 e. The number of aliphatic hydroxyl groups is 1. The Hall–Kier alpha value is -1.68. The predicted octanol–water partition coefficient (Wildman–Crippen LogP) is 1.15. The fourth-order valence-electron chi connectivity index (χ4n) is 2.11. The number of carbonyl (C=O) groups is 1. The van der Waals surface area contributed by atoms with Crippen molar-refractivity contribution in [1.29, 1.82) is 0 Å². The molecular weight excluding hydrogens is 216 g/mol. The van der Waals surface area contributed by atoms with Gasteiger partial charge in [-0.15, -0.1) is 6.58 Å². The van der Waals surface area contributed by atoms with Crippen LogP contribution in [-0.2, 0) is 11.2 Å². The Labute approximate surface area is 101 Å². The lowest BCUT2D eigenvalue weighted by Gasteiger charge is -2.22. The molecule has 0 saturated heterocycles. The topological polar surface area (TPSA) is 53.4 Å². The Balaban J connectivity index is 2.26. The number of hydrogen-bond donors (Lipinski definition) is 1. The van der Waals surface area contributed by atoms with E-state index in [0.717, 1.165) is 12.0 Å². The Morgan fingerprint density at radius 3 is 3.12 bits per heavy atom. The fourth-order valence-corrected chi connectivity index (χ4v) is 2.11. The van der Waals surface area contributed by atoms with Gasteiger partial charge in [-0.2, -0.15) is 0 Å². The van der Waals surface area contributed by atoms with Crippen molar-refractivity contribution in [3.05, 3.63) is 36.5 Å². The Bertz CT molecular complexity index is 443. The third-order valence-electron chi connectivity index (χ3n) is 3.05. The van der Waals surface area contributed by atoms with Gasteiger partial charge in [0, 0.05) is 12.7 Å². The summed E-state index contributed by atoms with van der Waals surface area (Å²) in [5.74, 6) is 0.0143. The van der Waals surface area contributed by atoms with Crippen molar-refractivity contribution in [1.82, 2.24) is 4.98 Å². The van der Waals surface area contributed by atoms with Gasteiger partial charge < -0.3 is 5.11 Å². The van der Waals surface area contributed by atoms with Crippen LogP contribution in [0, 0.1) is 5.92 Å². The first kappa shape index (κ1) is 11.8. The molecule has 0 radical (unpaired) electrons.